The van der Waals surface area contributed by atoms with E-state index in [0.29, 0.717) is 13.1 Å². The molecule has 0 aliphatic rings. The van der Waals surface area contributed by atoms with Crippen LogP contribution in [0.2, 0.25) is 0 Å². The zero-order chi connectivity index (χ0) is 21.2. The third kappa shape index (κ3) is 5.67. The van der Waals surface area contributed by atoms with Gasteiger partial charge in [0.25, 0.3) is 0 Å². The van der Waals surface area contributed by atoms with Crippen molar-refractivity contribution in [1.29, 1.82) is 0 Å². The van der Waals surface area contributed by atoms with Gasteiger partial charge >= 0.3 is 5.69 Å². The first-order chi connectivity index (χ1) is 14.8. The van der Waals surface area contributed by atoms with Crippen molar-refractivity contribution in [2.24, 2.45) is 0 Å². The van der Waals surface area contributed by atoms with Gasteiger partial charge in [-0.3, -0.25) is 9.13 Å². The zero-order valence-electron chi connectivity index (χ0n) is 18.5. The lowest BCUT2D eigenvalue weighted by Crippen LogP contribution is -2.25. The van der Waals surface area contributed by atoms with Crippen LogP contribution in [-0.2, 0) is 13.1 Å². The molecule has 0 aliphatic heterocycles. The molecule has 0 saturated heterocycles. The predicted octanol–water partition coefficient (Wildman–Crippen LogP) is 3.31. The van der Waals surface area contributed by atoms with Crippen LogP contribution in [0.1, 0.15) is 52.4 Å². The van der Waals surface area contributed by atoms with Gasteiger partial charge in [0.1, 0.15) is 0 Å². The molecule has 164 valence electrons. The van der Waals surface area contributed by atoms with E-state index >= 15 is 0 Å². The fourth-order valence-corrected chi connectivity index (χ4v) is 3.82. The molecule has 30 heavy (non-hydrogen) atoms. The van der Waals surface area contributed by atoms with Gasteiger partial charge in [0.15, 0.2) is 11.3 Å². The lowest BCUT2D eigenvalue weighted by molar-refractivity contribution is 0.531. The summed E-state index contributed by atoms with van der Waals surface area (Å²) in [4.78, 5) is 22.8. The largest absolute Gasteiger partial charge is 0.331 e. The van der Waals surface area contributed by atoms with Crippen LogP contribution in [-0.4, -0.2) is 45.3 Å². The SMILES string of the molecule is CCNCCCCCn1c(=O)n(CCCCCNCC)c2nc3ccccc3nc21. The van der Waals surface area contributed by atoms with Crippen molar-refractivity contribution in [3.8, 4) is 0 Å². The van der Waals surface area contributed by atoms with Crippen molar-refractivity contribution in [3.63, 3.8) is 0 Å². The molecule has 3 rings (SSSR count). The molecule has 0 spiro atoms. The second-order valence-corrected chi connectivity index (χ2v) is 7.77. The maximum absolute atomic E-state index is 13.2. The Bertz CT molecular complexity index is 901. The van der Waals surface area contributed by atoms with Gasteiger partial charge in [-0.1, -0.05) is 38.8 Å². The van der Waals surface area contributed by atoms with Crippen molar-refractivity contribution in [2.75, 3.05) is 26.2 Å². The van der Waals surface area contributed by atoms with E-state index in [4.69, 9.17) is 9.97 Å². The maximum atomic E-state index is 13.2. The van der Waals surface area contributed by atoms with Crippen LogP contribution in [0.25, 0.3) is 22.3 Å². The van der Waals surface area contributed by atoms with E-state index in [1.54, 1.807) is 0 Å². The van der Waals surface area contributed by atoms with Crippen molar-refractivity contribution in [2.45, 2.75) is 65.5 Å². The topological polar surface area (TPSA) is 76.8 Å². The van der Waals surface area contributed by atoms with Crippen molar-refractivity contribution in [1.82, 2.24) is 29.7 Å². The zero-order valence-corrected chi connectivity index (χ0v) is 18.5. The van der Waals surface area contributed by atoms with Crippen molar-refractivity contribution in [3.05, 3.63) is 34.7 Å². The molecule has 0 aliphatic carbocycles. The Balaban J connectivity index is 1.78. The minimum absolute atomic E-state index is 0.0265. The molecule has 2 heterocycles. The first-order valence-electron chi connectivity index (χ1n) is 11.5. The quantitative estimate of drug-likeness (QED) is 0.397. The van der Waals surface area contributed by atoms with Gasteiger partial charge in [-0.25, -0.2) is 14.8 Å². The number of benzene rings is 1. The molecule has 0 atom stereocenters. The highest BCUT2D eigenvalue weighted by Crippen LogP contribution is 2.16. The molecule has 7 nitrogen and oxygen atoms in total. The minimum atomic E-state index is 0.0265. The predicted molar refractivity (Wildman–Crippen MR) is 124 cm³/mol. The number of rotatable bonds is 14. The van der Waals surface area contributed by atoms with Crippen LogP contribution < -0.4 is 16.3 Å². The first kappa shape index (κ1) is 22.4. The van der Waals surface area contributed by atoms with Gasteiger partial charge in [0.2, 0.25) is 0 Å². The van der Waals surface area contributed by atoms with E-state index in [0.717, 1.165) is 87.0 Å². The molecule has 2 aromatic heterocycles. The molecule has 0 fully saturated rings. The van der Waals surface area contributed by atoms with Gasteiger partial charge in [0.05, 0.1) is 11.0 Å². The smallest absolute Gasteiger partial charge is 0.317 e. The van der Waals surface area contributed by atoms with Crippen LogP contribution in [0.4, 0.5) is 0 Å². The fraction of sp³-hybridized carbons (Fsp3) is 0.609. The second kappa shape index (κ2) is 11.8. The highest BCUT2D eigenvalue weighted by Gasteiger charge is 2.16. The molecular formula is C23H36N6O. The summed E-state index contributed by atoms with van der Waals surface area (Å²) in [6, 6.07) is 7.86. The Hall–Kier alpha value is -2.25. The molecule has 0 saturated carbocycles. The van der Waals surface area contributed by atoms with E-state index in [9.17, 15) is 4.79 Å². The first-order valence-corrected chi connectivity index (χ1v) is 11.5. The molecular weight excluding hydrogens is 376 g/mol. The summed E-state index contributed by atoms with van der Waals surface area (Å²) in [5.74, 6) is 0. The normalized spacial score (nSPS) is 11.7. The standard InChI is InChI=1S/C23H36N6O/c1-3-24-15-9-5-11-17-28-21-22(27-20-14-8-7-13-19(20)26-21)29(23(28)30)18-12-6-10-16-25-4-2/h7-8,13-14,24-25H,3-6,9-12,15-18H2,1-2H3. The van der Waals surface area contributed by atoms with Crippen LogP contribution in [0.5, 0.6) is 0 Å². The van der Waals surface area contributed by atoms with Gasteiger partial charge in [0, 0.05) is 13.1 Å². The number of hydrogen-bond acceptors (Lipinski definition) is 5. The Labute approximate surface area is 178 Å². The Morgan fingerprint density at radius 2 is 1.20 bits per heavy atom. The summed E-state index contributed by atoms with van der Waals surface area (Å²) < 4.78 is 3.67. The highest BCUT2D eigenvalue weighted by atomic mass is 16.1. The highest BCUT2D eigenvalue weighted by molar-refractivity contribution is 5.83. The van der Waals surface area contributed by atoms with E-state index in [2.05, 4.69) is 24.5 Å². The lowest BCUT2D eigenvalue weighted by Gasteiger charge is -2.04. The molecule has 0 unspecified atom stereocenters. The second-order valence-electron chi connectivity index (χ2n) is 7.77. The number of hydrogen-bond donors (Lipinski definition) is 2. The molecule has 1 aromatic carbocycles. The summed E-state index contributed by atoms with van der Waals surface area (Å²) in [6.45, 7) is 9.71. The third-order valence-corrected chi connectivity index (χ3v) is 5.48. The number of unbranched alkanes of at least 4 members (excludes halogenated alkanes) is 4. The van der Waals surface area contributed by atoms with E-state index < -0.39 is 0 Å². The molecule has 0 amide bonds. The summed E-state index contributed by atoms with van der Waals surface area (Å²) in [6.07, 6.45) is 6.39. The Morgan fingerprint density at radius 1 is 0.733 bits per heavy atom. The average Bonchev–Trinajstić information content (AvgIpc) is 3.01. The number of para-hydroxylation sites is 2. The number of nitrogens with one attached hydrogen (secondary N) is 2. The third-order valence-electron chi connectivity index (χ3n) is 5.48. The van der Waals surface area contributed by atoms with Crippen LogP contribution in [0, 0.1) is 0 Å². The van der Waals surface area contributed by atoms with Gasteiger partial charge < -0.3 is 10.6 Å². The maximum Gasteiger partial charge on any atom is 0.331 e. The molecule has 0 radical (unpaired) electrons. The van der Waals surface area contributed by atoms with Gasteiger partial charge in [-0.05, 0) is 64.0 Å². The number of nitrogens with zero attached hydrogens (tertiary/aromatic N) is 4. The summed E-state index contributed by atoms with van der Waals surface area (Å²) in [5, 5.41) is 6.71. The number of fused-ring (bicyclic) bond motifs is 2. The van der Waals surface area contributed by atoms with Crippen molar-refractivity contribution < 1.29 is 0 Å². The van der Waals surface area contributed by atoms with Crippen LogP contribution in [0.15, 0.2) is 29.1 Å². The van der Waals surface area contributed by atoms with E-state index in [1.807, 2.05) is 33.4 Å². The molecule has 3 aromatic rings. The van der Waals surface area contributed by atoms with Crippen molar-refractivity contribution >= 4 is 22.3 Å². The van der Waals surface area contributed by atoms with E-state index in [1.165, 1.54) is 0 Å². The van der Waals surface area contributed by atoms with Crippen LogP contribution in [0.3, 0.4) is 0 Å². The van der Waals surface area contributed by atoms with E-state index in [-0.39, 0.29) is 5.69 Å². The summed E-state index contributed by atoms with van der Waals surface area (Å²) in [5.41, 5.74) is 3.15. The van der Waals surface area contributed by atoms with Gasteiger partial charge in [-0.2, -0.15) is 0 Å². The van der Waals surface area contributed by atoms with Crippen LogP contribution >= 0.6 is 0 Å². The summed E-state index contributed by atoms with van der Waals surface area (Å²) in [7, 11) is 0. The summed E-state index contributed by atoms with van der Waals surface area (Å²) >= 11 is 0. The number of aromatic nitrogens is 4. The number of imidazole rings is 1. The average molecular weight is 413 g/mol. The minimum Gasteiger partial charge on any atom is -0.317 e. The molecule has 2 N–H and O–H groups in total. The molecule has 7 heteroatoms. The Morgan fingerprint density at radius 3 is 1.63 bits per heavy atom. The fourth-order valence-electron chi connectivity index (χ4n) is 3.82. The molecule has 0 bridgehead atoms. The monoisotopic (exact) mass is 412 g/mol. The Kier molecular flexibility index (Phi) is 8.83. The number of aryl methyl sites for hydroxylation is 2. The van der Waals surface area contributed by atoms with Gasteiger partial charge in [-0.15, -0.1) is 0 Å². The lowest BCUT2D eigenvalue weighted by atomic mass is 10.2.